The third-order valence-electron chi connectivity index (χ3n) is 3.79. The number of carbonyl (C=O) groups is 1. The normalized spacial score (nSPS) is 10.6. The monoisotopic (exact) mass is 367 g/mol. The summed E-state index contributed by atoms with van der Waals surface area (Å²) in [6.07, 6.45) is 0. The van der Waals surface area contributed by atoms with Crippen molar-refractivity contribution < 1.29 is 9.21 Å². The number of hydrogen-bond donors (Lipinski definition) is 3. The molecule has 0 aliphatic carbocycles. The van der Waals surface area contributed by atoms with Crippen LogP contribution in [0.5, 0.6) is 0 Å². The predicted octanol–water partition coefficient (Wildman–Crippen LogP) is 2.17. The van der Waals surface area contributed by atoms with Crippen molar-refractivity contribution >= 4 is 28.6 Å². The van der Waals surface area contributed by atoms with Crippen molar-refractivity contribution in [1.82, 2.24) is 15.3 Å². The molecule has 3 rings (SSSR count). The topological polar surface area (TPSA) is 109 Å². The second-order valence-electron chi connectivity index (χ2n) is 5.92. The maximum Gasteiger partial charge on any atom is 0.349 e. The molecule has 0 spiro atoms. The molecule has 8 heteroatoms. The Kier molecular flexibility index (Phi) is 5.65. The average Bonchev–Trinajstić information content (AvgIpc) is 2.64. The van der Waals surface area contributed by atoms with Crippen LogP contribution in [0.15, 0.2) is 45.6 Å². The Morgan fingerprint density at radius 3 is 2.74 bits per heavy atom. The number of amides is 1. The van der Waals surface area contributed by atoms with Gasteiger partial charge >= 0.3 is 5.63 Å². The van der Waals surface area contributed by atoms with E-state index in [0.29, 0.717) is 35.8 Å². The van der Waals surface area contributed by atoms with E-state index >= 15 is 0 Å². The minimum absolute atomic E-state index is 0.0130. The lowest BCUT2D eigenvalue weighted by molar-refractivity contribution is 0.0951. The number of hydrogen-bond acceptors (Lipinski definition) is 7. The van der Waals surface area contributed by atoms with Crippen molar-refractivity contribution in [3.63, 3.8) is 0 Å². The molecule has 3 aromatic rings. The van der Waals surface area contributed by atoms with E-state index < -0.39 is 11.5 Å². The van der Waals surface area contributed by atoms with Crippen molar-refractivity contribution in [2.75, 3.05) is 30.3 Å². The molecule has 0 fully saturated rings. The second kappa shape index (κ2) is 8.31. The third kappa shape index (κ3) is 4.60. The zero-order valence-electron chi connectivity index (χ0n) is 15.2. The zero-order valence-corrected chi connectivity index (χ0v) is 15.2. The van der Waals surface area contributed by atoms with Gasteiger partial charge in [-0.15, -0.1) is 0 Å². The maximum atomic E-state index is 12.3. The molecule has 8 nitrogen and oxygen atoms in total. The van der Waals surface area contributed by atoms with Gasteiger partial charge in [0.05, 0.1) is 0 Å². The van der Waals surface area contributed by atoms with E-state index in [2.05, 4.69) is 25.9 Å². The summed E-state index contributed by atoms with van der Waals surface area (Å²) in [6.45, 7) is 5.36. The van der Waals surface area contributed by atoms with Crippen LogP contribution in [-0.2, 0) is 0 Å². The average molecular weight is 367 g/mol. The Morgan fingerprint density at radius 2 is 1.93 bits per heavy atom. The fourth-order valence-corrected chi connectivity index (χ4v) is 2.58. The van der Waals surface area contributed by atoms with Gasteiger partial charge in [-0.1, -0.05) is 18.2 Å². The first-order valence-electron chi connectivity index (χ1n) is 8.71. The van der Waals surface area contributed by atoms with Crippen molar-refractivity contribution in [2.45, 2.75) is 13.8 Å². The summed E-state index contributed by atoms with van der Waals surface area (Å²) in [4.78, 5) is 32.9. The highest BCUT2D eigenvalue weighted by molar-refractivity contribution is 5.96. The van der Waals surface area contributed by atoms with E-state index in [1.165, 1.54) is 0 Å². The molecule has 0 saturated heterocycles. The number of nitrogens with one attached hydrogen (secondary N) is 3. The number of nitrogens with zero attached hydrogens (tertiary/aromatic N) is 2. The summed E-state index contributed by atoms with van der Waals surface area (Å²) in [6, 6.07) is 10.4. The summed E-state index contributed by atoms with van der Waals surface area (Å²) in [5.41, 5.74) is 0.625. The number of fused-ring (bicyclic) bond motifs is 1. The van der Waals surface area contributed by atoms with Crippen LogP contribution in [0.2, 0.25) is 0 Å². The van der Waals surface area contributed by atoms with Gasteiger partial charge in [0.15, 0.2) is 0 Å². The van der Waals surface area contributed by atoms with Crippen LogP contribution in [0.3, 0.4) is 0 Å². The molecular weight excluding hydrogens is 346 g/mol. The highest BCUT2D eigenvalue weighted by Crippen LogP contribution is 2.12. The minimum atomic E-state index is -0.652. The van der Waals surface area contributed by atoms with Crippen molar-refractivity contribution in [3.05, 3.63) is 58.1 Å². The Hall–Kier alpha value is -3.42. The minimum Gasteiger partial charge on any atom is -0.422 e. The first-order chi connectivity index (χ1) is 13.1. The number of carbonyl (C=O) groups excluding carboxylic acids is 1. The van der Waals surface area contributed by atoms with Crippen LogP contribution < -0.4 is 21.6 Å². The van der Waals surface area contributed by atoms with E-state index in [9.17, 15) is 9.59 Å². The van der Waals surface area contributed by atoms with Gasteiger partial charge in [0, 0.05) is 36.8 Å². The van der Waals surface area contributed by atoms with E-state index in [-0.39, 0.29) is 5.56 Å². The summed E-state index contributed by atoms with van der Waals surface area (Å²) >= 11 is 0. The first kappa shape index (κ1) is 18.4. The molecule has 0 radical (unpaired) electrons. The highest BCUT2D eigenvalue weighted by Gasteiger charge is 2.13. The lowest BCUT2D eigenvalue weighted by Gasteiger charge is -2.10. The molecule has 1 aromatic carbocycles. The number of anilines is 2. The van der Waals surface area contributed by atoms with Crippen LogP contribution in [0, 0.1) is 6.92 Å². The van der Waals surface area contributed by atoms with Gasteiger partial charge in [-0.05, 0) is 26.0 Å². The summed E-state index contributed by atoms with van der Waals surface area (Å²) in [5, 5.41) is 9.60. The Morgan fingerprint density at radius 1 is 1.11 bits per heavy atom. The molecule has 0 aliphatic heterocycles. The van der Waals surface area contributed by atoms with Crippen molar-refractivity contribution in [2.24, 2.45) is 0 Å². The van der Waals surface area contributed by atoms with E-state index in [1.807, 2.05) is 26.0 Å². The standard InChI is InChI=1S/C19H21N5O3/c1-3-20-19-23-12(2)10-16(24-19)21-8-9-22-17(25)14-11-13-6-4-5-7-15(13)27-18(14)26/h4-7,10-11H,3,8-9H2,1-2H3,(H,22,25)(H2,20,21,23,24). The molecule has 140 valence electrons. The third-order valence-corrected chi connectivity index (χ3v) is 3.79. The molecule has 0 unspecified atom stereocenters. The molecule has 27 heavy (non-hydrogen) atoms. The van der Waals surface area contributed by atoms with Gasteiger partial charge in [0.25, 0.3) is 5.91 Å². The van der Waals surface area contributed by atoms with Gasteiger partial charge in [0.1, 0.15) is 17.0 Å². The number of aryl methyl sites for hydroxylation is 1. The molecule has 0 bridgehead atoms. The van der Waals surface area contributed by atoms with Gasteiger partial charge in [-0.2, -0.15) is 4.98 Å². The zero-order chi connectivity index (χ0) is 19.2. The van der Waals surface area contributed by atoms with Crippen molar-refractivity contribution in [3.8, 4) is 0 Å². The predicted molar refractivity (Wildman–Crippen MR) is 104 cm³/mol. The van der Waals surface area contributed by atoms with Crippen LogP contribution in [0.1, 0.15) is 23.0 Å². The fraction of sp³-hybridized carbons (Fsp3) is 0.263. The molecule has 0 saturated carbocycles. The van der Waals surface area contributed by atoms with E-state index in [0.717, 1.165) is 12.2 Å². The Bertz CT molecular complexity index is 1020. The maximum absolute atomic E-state index is 12.3. The molecular formula is C19H21N5O3. The number of para-hydroxylation sites is 1. The van der Waals surface area contributed by atoms with Gasteiger partial charge < -0.3 is 20.4 Å². The smallest absolute Gasteiger partial charge is 0.349 e. The largest absolute Gasteiger partial charge is 0.422 e. The van der Waals surface area contributed by atoms with Gasteiger partial charge in [0.2, 0.25) is 5.95 Å². The van der Waals surface area contributed by atoms with Crippen LogP contribution >= 0.6 is 0 Å². The molecule has 0 aliphatic rings. The fourth-order valence-electron chi connectivity index (χ4n) is 2.58. The van der Waals surface area contributed by atoms with Crippen LogP contribution in [0.4, 0.5) is 11.8 Å². The summed E-state index contributed by atoms with van der Waals surface area (Å²) in [5.74, 6) is 0.749. The van der Waals surface area contributed by atoms with Gasteiger partial charge in [-0.3, -0.25) is 4.79 Å². The number of aromatic nitrogens is 2. The lowest BCUT2D eigenvalue weighted by Crippen LogP contribution is -2.32. The molecule has 2 heterocycles. The van der Waals surface area contributed by atoms with E-state index in [1.54, 1.807) is 24.3 Å². The quantitative estimate of drug-likeness (QED) is 0.434. The van der Waals surface area contributed by atoms with Crippen LogP contribution in [0.25, 0.3) is 11.0 Å². The molecule has 3 N–H and O–H groups in total. The second-order valence-corrected chi connectivity index (χ2v) is 5.92. The number of rotatable bonds is 7. The van der Waals surface area contributed by atoms with Crippen molar-refractivity contribution in [1.29, 1.82) is 0 Å². The number of benzene rings is 1. The highest BCUT2D eigenvalue weighted by atomic mass is 16.4. The summed E-state index contributed by atoms with van der Waals surface area (Å²) < 4.78 is 5.18. The molecule has 0 atom stereocenters. The lowest BCUT2D eigenvalue weighted by atomic mass is 10.2. The molecule has 1 amide bonds. The molecule has 2 aromatic heterocycles. The SMILES string of the molecule is CCNc1nc(C)cc(NCCNC(=O)c2cc3ccccc3oc2=O)n1. The summed E-state index contributed by atoms with van der Waals surface area (Å²) in [7, 11) is 0. The van der Waals surface area contributed by atoms with Gasteiger partial charge in [-0.25, -0.2) is 9.78 Å². The van der Waals surface area contributed by atoms with E-state index in [4.69, 9.17) is 4.42 Å². The first-order valence-corrected chi connectivity index (χ1v) is 8.71. The van der Waals surface area contributed by atoms with Crippen LogP contribution in [-0.4, -0.2) is 35.5 Å². The Labute approximate surface area is 156 Å². The Balaban J connectivity index is 1.59.